The van der Waals surface area contributed by atoms with Gasteiger partial charge < -0.3 is 10.2 Å². The van der Waals surface area contributed by atoms with Gasteiger partial charge in [0.15, 0.2) is 0 Å². The molecule has 1 saturated heterocycles. The van der Waals surface area contributed by atoms with Crippen LogP contribution in [0.2, 0.25) is 0 Å². The second-order valence-electron chi connectivity index (χ2n) is 5.26. The van der Waals surface area contributed by atoms with Crippen molar-refractivity contribution in [2.75, 3.05) is 33.2 Å². The number of piperazine rings is 1. The number of hydrogen-bond donors (Lipinski definition) is 1. The number of rotatable bonds is 4. The molecule has 1 N–H and O–H groups in total. The fourth-order valence-electron chi connectivity index (χ4n) is 2.33. The molecule has 3 nitrogen and oxygen atoms in total. The van der Waals surface area contributed by atoms with Gasteiger partial charge in [-0.15, -0.1) is 0 Å². The van der Waals surface area contributed by atoms with Crippen molar-refractivity contribution in [3.63, 3.8) is 0 Å². The summed E-state index contributed by atoms with van der Waals surface area (Å²) in [5, 5.41) is 3.52. The largest absolute Gasteiger partial charge is 0.313 e. The highest BCUT2D eigenvalue weighted by atomic mass is 15.3. The van der Waals surface area contributed by atoms with Crippen LogP contribution in [0.1, 0.15) is 27.7 Å². The number of nitrogens with one attached hydrogen (secondary N) is 1. The topological polar surface area (TPSA) is 18.5 Å². The summed E-state index contributed by atoms with van der Waals surface area (Å²) in [6.07, 6.45) is 0. The maximum absolute atomic E-state index is 3.52. The maximum Gasteiger partial charge on any atom is 0.0198 e. The molecule has 15 heavy (non-hydrogen) atoms. The Balaban J connectivity index is 2.35. The van der Waals surface area contributed by atoms with Crippen molar-refractivity contribution in [2.24, 2.45) is 0 Å². The zero-order chi connectivity index (χ0) is 11.4. The van der Waals surface area contributed by atoms with Gasteiger partial charge in [-0.05, 0) is 20.9 Å². The molecule has 0 aromatic rings. The van der Waals surface area contributed by atoms with Gasteiger partial charge in [-0.25, -0.2) is 0 Å². The standard InChI is InChI=1S/C12H27N3/c1-10(2)13-8-11(3)15-7-6-14(5)9-12(15)4/h10-13H,6-9H2,1-5H3. The summed E-state index contributed by atoms with van der Waals surface area (Å²) >= 11 is 0. The van der Waals surface area contributed by atoms with Gasteiger partial charge in [0.25, 0.3) is 0 Å². The Kier molecular flexibility index (Phi) is 5.03. The van der Waals surface area contributed by atoms with Crippen molar-refractivity contribution in [3.05, 3.63) is 0 Å². The lowest BCUT2D eigenvalue weighted by Gasteiger charge is -2.42. The van der Waals surface area contributed by atoms with Crippen molar-refractivity contribution in [2.45, 2.75) is 45.8 Å². The van der Waals surface area contributed by atoms with Gasteiger partial charge in [-0.1, -0.05) is 13.8 Å². The van der Waals surface area contributed by atoms with Crippen molar-refractivity contribution < 1.29 is 0 Å². The Labute approximate surface area is 94.8 Å². The van der Waals surface area contributed by atoms with E-state index in [9.17, 15) is 0 Å². The molecule has 0 radical (unpaired) electrons. The molecule has 3 heteroatoms. The van der Waals surface area contributed by atoms with Crippen LogP contribution in [-0.2, 0) is 0 Å². The average molecular weight is 213 g/mol. The first kappa shape index (κ1) is 12.9. The van der Waals surface area contributed by atoms with Crippen LogP contribution in [0.5, 0.6) is 0 Å². The first-order valence-corrected chi connectivity index (χ1v) is 6.18. The van der Waals surface area contributed by atoms with E-state index in [1.165, 1.54) is 19.6 Å². The predicted octanol–water partition coefficient (Wildman–Crippen LogP) is 1.01. The van der Waals surface area contributed by atoms with E-state index in [4.69, 9.17) is 0 Å². The van der Waals surface area contributed by atoms with Crippen molar-refractivity contribution in [1.29, 1.82) is 0 Å². The molecular formula is C12H27N3. The fraction of sp³-hybridized carbons (Fsp3) is 1.00. The molecule has 0 bridgehead atoms. The van der Waals surface area contributed by atoms with E-state index in [0.29, 0.717) is 18.1 Å². The van der Waals surface area contributed by atoms with Crippen LogP contribution in [0.15, 0.2) is 0 Å². The van der Waals surface area contributed by atoms with Gasteiger partial charge in [-0.3, -0.25) is 4.90 Å². The summed E-state index contributed by atoms with van der Waals surface area (Å²) < 4.78 is 0. The van der Waals surface area contributed by atoms with Crippen LogP contribution >= 0.6 is 0 Å². The first-order valence-electron chi connectivity index (χ1n) is 6.18. The summed E-state index contributed by atoms with van der Waals surface area (Å²) in [5.41, 5.74) is 0. The summed E-state index contributed by atoms with van der Waals surface area (Å²) in [6.45, 7) is 13.8. The minimum atomic E-state index is 0.593. The van der Waals surface area contributed by atoms with Crippen molar-refractivity contribution in [3.8, 4) is 0 Å². The van der Waals surface area contributed by atoms with E-state index in [2.05, 4.69) is 49.9 Å². The fourth-order valence-corrected chi connectivity index (χ4v) is 2.33. The van der Waals surface area contributed by atoms with Crippen LogP contribution in [0.4, 0.5) is 0 Å². The van der Waals surface area contributed by atoms with E-state index in [1.54, 1.807) is 0 Å². The molecule has 0 aliphatic carbocycles. The average Bonchev–Trinajstić information content (AvgIpc) is 2.14. The molecule has 1 aliphatic heterocycles. The minimum absolute atomic E-state index is 0.593. The molecule has 90 valence electrons. The van der Waals surface area contributed by atoms with Gasteiger partial charge in [0.05, 0.1) is 0 Å². The molecule has 2 unspecified atom stereocenters. The lowest BCUT2D eigenvalue weighted by atomic mass is 10.1. The highest BCUT2D eigenvalue weighted by molar-refractivity contribution is 4.82. The van der Waals surface area contributed by atoms with Crippen molar-refractivity contribution >= 4 is 0 Å². The van der Waals surface area contributed by atoms with E-state index in [-0.39, 0.29) is 0 Å². The first-order chi connectivity index (χ1) is 7.00. The Hall–Kier alpha value is -0.120. The smallest absolute Gasteiger partial charge is 0.0198 e. The predicted molar refractivity (Wildman–Crippen MR) is 66.3 cm³/mol. The number of hydrogen-bond acceptors (Lipinski definition) is 3. The second kappa shape index (κ2) is 5.83. The Bertz CT molecular complexity index is 182. The Morgan fingerprint density at radius 3 is 2.47 bits per heavy atom. The molecule has 2 atom stereocenters. The van der Waals surface area contributed by atoms with E-state index in [0.717, 1.165) is 6.54 Å². The zero-order valence-electron chi connectivity index (χ0n) is 11.0. The molecule has 0 spiro atoms. The molecule has 1 rings (SSSR count). The molecule has 0 saturated carbocycles. The van der Waals surface area contributed by atoms with Crippen LogP contribution in [-0.4, -0.2) is 61.2 Å². The maximum atomic E-state index is 3.52. The minimum Gasteiger partial charge on any atom is -0.313 e. The van der Waals surface area contributed by atoms with E-state index < -0.39 is 0 Å². The molecule has 1 aliphatic rings. The Morgan fingerprint density at radius 2 is 1.93 bits per heavy atom. The highest BCUT2D eigenvalue weighted by Gasteiger charge is 2.25. The third-order valence-corrected chi connectivity index (χ3v) is 3.27. The van der Waals surface area contributed by atoms with Gasteiger partial charge in [0.2, 0.25) is 0 Å². The van der Waals surface area contributed by atoms with Crippen LogP contribution < -0.4 is 5.32 Å². The number of nitrogens with zero attached hydrogens (tertiary/aromatic N) is 2. The van der Waals surface area contributed by atoms with Gasteiger partial charge >= 0.3 is 0 Å². The summed E-state index contributed by atoms with van der Waals surface area (Å²) in [5.74, 6) is 0. The molecule has 1 heterocycles. The molecule has 1 fully saturated rings. The lowest BCUT2D eigenvalue weighted by molar-refractivity contribution is 0.0667. The van der Waals surface area contributed by atoms with E-state index in [1.807, 2.05) is 0 Å². The summed E-state index contributed by atoms with van der Waals surface area (Å²) in [7, 11) is 2.21. The lowest BCUT2D eigenvalue weighted by Crippen LogP contribution is -2.55. The normalized spacial score (nSPS) is 27.2. The zero-order valence-corrected chi connectivity index (χ0v) is 11.0. The number of likely N-dealkylation sites (N-methyl/N-ethyl adjacent to an activating group) is 1. The van der Waals surface area contributed by atoms with Crippen LogP contribution in [0.25, 0.3) is 0 Å². The molecule has 0 aromatic carbocycles. The summed E-state index contributed by atoms with van der Waals surface area (Å²) in [4.78, 5) is 5.04. The highest BCUT2D eigenvalue weighted by Crippen LogP contribution is 2.11. The van der Waals surface area contributed by atoms with Gasteiger partial charge in [-0.2, -0.15) is 0 Å². The van der Waals surface area contributed by atoms with Crippen LogP contribution in [0, 0.1) is 0 Å². The summed E-state index contributed by atoms with van der Waals surface area (Å²) in [6, 6.07) is 1.93. The van der Waals surface area contributed by atoms with Gasteiger partial charge in [0.1, 0.15) is 0 Å². The van der Waals surface area contributed by atoms with E-state index >= 15 is 0 Å². The monoisotopic (exact) mass is 213 g/mol. The molecule has 0 amide bonds. The SMILES string of the molecule is CC(C)NCC(C)N1CCN(C)CC1C. The molecule has 0 aromatic heterocycles. The Morgan fingerprint density at radius 1 is 1.27 bits per heavy atom. The van der Waals surface area contributed by atoms with Gasteiger partial charge in [0, 0.05) is 44.3 Å². The quantitative estimate of drug-likeness (QED) is 0.752. The molecular weight excluding hydrogens is 186 g/mol. The van der Waals surface area contributed by atoms with Crippen LogP contribution in [0.3, 0.4) is 0 Å². The second-order valence-corrected chi connectivity index (χ2v) is 5.26. The third kappa shape index (κ3) is 4.09. The van der Waals surface area contributed by atoms with Crippen molar-refractivity contribution in [1.82, 2.24) is 15.1 Å². The third-order valence-electron chi connectivity index (χ3n) is 3.27.